The van der Waals surface area contributed by atoms with E-state index in [0.29, 0.717) is 43.2 Å². The summed E-state index contributed by atoms with van der Waals surface area (Å²) in [5.74, 6) is -1.52. The minimum atomic E-state index is -1.33. The molecule has 2 N–H and O–H groups in total. The number of aliphatic hydroxyl groups excluding tert-OH is 1. The number of carboxylic acids is 1. The molecule has 11 nitrogen and oxygen atoms in total. The summed E-state index contributed by atoms with van der Waals surface area (Å²) in [7, 11) is 1.47. The van der Waals surface area contributed by atoms with Gasteiger partial charge in [-0.3, -0.25) is 14.7 Å². The number of aliphatic hydroxyl groups is 1. The molecule has 2 unspecified atom stereocenters. The van der Waals surface area contributed by atoms with E-state index < -0.39 is 23.0 Å². The summed E-state index contributed by atoms with van der Waals surface area (Å²) in [5.41, 5.74) is 2.75. The number of anilines is 1. The number of rotatable bonds is 7. The number of likely N-dealkylation sites (tertiary alicyclic amines) is 1. The van der Waals surface area contributed by atoms with Crippen molar-refractivity contribution in [2.75, 3.05) is 31.6 Å². The van der Waals surface area contributed by atoms with Gasteiger partial charge in [0.25, 0.3) is 0 Å². The van der Waals surface area contributed by atoms with E-state index in [0.717, 1.165) is 54.7 Å². The summed E-state index contributed by atoms with van der Waals surface area (Å²) < 4.78 is 35.7. The van der Waals surface area contributed by atoms with Crippen molar-refractivity contribution in [3.63, 3.8) is 0 Å². The number of nitrogens with zero attached hydrogens (tertiary/aromatic N) is 4. The Hall–Kier alpha value is -3.74. The zero-order valence-corrected chi connectivity index (χ0v) is 26.1. The van der Waals surface area contributed by atoms with Gasteiger partial charge in [0.15, 0.2) is 11.6 Å². The highest BCUT2D eigenvalue weighted by Crippen LogP contribution is 2.46. The van der Waals surface area contributed by atoms with Crippen molar-refractivity contribution >= 4 is 22.6 Å². The third-order valence-electron chi connectivity index (χ3n) is 9.83. The monoisotopic (exact) mass is 622 g/mol. The summed E-state index contributed by atoms with van der Waals surface area (Å²) in [6.45, 7) is 8.29. The Morgan fingerprint density at radius 2 is 2.02 bits per heavy atom. The number of benzene rings is 1. The second kappa shape index (κ2) is 11.0. The van der Waals surface area contributed by atoms with Crippen molar-refractivity contribution in [3.8, 4) is 11.5 Å². The summed E-state index contributed by atoms with van der Waals surface area (Å²) in [4.78, 5) is 34.3. The van der Waals surface area contributed by atoms with Crippen molar-refractivity contribution in [1.82, 2.24) is 14.5 Å². The first-order valence-corrected chi connectivity index (χ1v) is 15.6. The number of hydrogen-bond donors (Lipinski definition) is 2. The molecule has 5 heterocycles. The van der Waals surface area contributed by atoms with Crippen molar-refractivity contribution in [2.24, 2.45) is 5.92 Å². The van der Waals surface area contributed by atoms with Crippen LogP contribution in [0.3, 0.4) is 0 Å². The molecule has 0 bridgehead atoms. The van der Waals surface area contributed by atoms with Crippen LogP contribution in [0.15, 0.2) is 17.1 Å². The zero-order chi connectivity index (χ0) is 31.8. The molecule has 1 aliphatic carbocycles. The lowest BCUT2D eigenvalue weighted by Crippen LogP contribution is -2.45. The van der Waals surface area contributed by atoms with Crippen LogP contribution < -0.4 is 19.8 Å². The number of halogens is 1. The molecule has 0 amide bonds. The molecule has 1 saturated carbocycles. The van der Waals surface area contributed by atoms with Gasteiger partial charge in [-0.1, -0.05) is 0 Å². The van der Waals surface area contributed by atoms with Gasteiger partial charge in [0.2, 0.25) is 11.2 Å². The number of aromatic nitrogens is 2. The van der Waals surface area contributed by atoms with Gasteiger partial charge >= 0.3 is 5.97 Å². The van der Waals surface area contributed by atoms with Crippen molar-refractivity contribution in [3.05, 3.63) is 56.4 Å². The molecule has 2 saturated heterocycles. The number of methoxy groups -OCH3 is 1. The van der Waals surface area contributed by atoms with Gasteiger partial charge in [-0.2, -0.15) is 0 Å². The largest absolute Gasteiger partial charge is 0.492 e. The predicted octanol–water partition coefficient (Wildman–Crippen LogP) is 4.12. The molecule has 3 aromatic rings. The second-order valence-electron chi connectivity index (χ2n) is 13.2. The lowest BCUT2D eigenvalue weighted by molar-refractivity contribution is -0.181. The third-order valence-corrected chi connectivity index (χ3v) is 9.83. The first-order valence-electron chi connectivity index (χ1n) is 15.6. The predicted molar refractivity (Wildman–Crippen MR) is 163 cm³/mol. The van der Waals surface area contributed by atoms with Gasteiger partial charge < -0.3 is 33.9 Å². The number of ether oxygens (including phenoxy) is 3. The molecular formula is C33H39FN4O7. The van der Waals surface area contributed by atoms with Crippen LogP contribution in [0.2, 0.25) is 0 Å². The summed E-state index contributed by atoms with van der Waals surface area (Å²) in [6.07, 6.45) is 5.04. The van der Waals surface area contributed by atoms with Crippen molar-refractivity contribution in [1.29, 1.82) is 0 Å². The molecule has 0 radical (unpaired) electrons. The standard InChI is InChI=1S/C33H39FN4O7/c1-17-30-23(16-44-33(2,3)45-30)22(15-39)25(35-17)13-36-9-5-6-18-11-37(14-26(18)36)28-24(34)10-20-27(31(28)43-4)38(19-7-8-19)12-21(29(20)40)32(41)42/h10,12,18-19,26,39H,5-9,11,13-16H2,1-4H3,(H,41,42). The van der Waals surface area contributed by atoms with E-state index in [2.05, 4.69) is 4.90 Å². The fourth-order valence-electron chi connectivity index (χ4n) is 7.55. The Morgan fingerprint density at radius 1 is 1.24 bits per heavy atom. The molecular weight excluding hydrogens is 583 g/mol. The van der Waals surface area contributed by atoms with Crippen LogP contribution in [-0.4, -0.2) is 69.2 Å². The molecule has 1 aromatic carbocycles. The normalized spacial score (nSPS) is 22.7. The number of carbonyl (C=O) groups is 1. The van der Waals surface area contributed by atoms with Gasteiger partial charge in [0.1, 0.15) is 17.0 Å². The molecule has 45 heavy (non-hydrogen) atoms. The number of piperidine rings is 1. The molecule has 12 heteroatoms. The molecule has 240 valence electrons. The van der Waals surface area contributed by atoms with Crippen molar-refractivity contribution < 1.29 is 33.6 Å². The van der Waals surface area contributed by atoms with Crippen LogP contribution in [0.5, 0.6) is 11.5 Å². The highest BCUT2D eigenvalue weighted by atomic mass is 19.1. The highest BCUT2D eigenvalue weighted by molar-refractivity contribution is 5.97. The number of hydrogen-bond acceptors (Lipinski definition) is 9. The lowest BCUT2D eigenvalue weighted by atomic mass is 9.91. The van der Waals surface area contributed by atoms with E-state index in [1.165, 1.54) is 19.4 Å². The molecule has 3 aliphatic heterocycles. The van der Waals surface area contributed by atoms with Gasteiger partial charge in [0, 0.05) is 62.9 Å². The number of aromatic carboxylic acids is 1. The first-order chi connectivity index (χ1) is 21.5. The number of carboxylic acid groups (broad SMARTS) is 1. The van der Waals surface area contributed by atoms with Gasteiger partial charge in [-0.05, 0) is 51.1 Å². The molecule has 2 aromatic heterocycles. The van der Waals surface area contributed by atoms with Gasteiger partial charge in [-0.15, -0.1) is 0 Å². The average molecular weight is 623 g/mol. The maximum Gasteiger partial charge on any atom is 0.341 e. The van der Waals surface area contributed by atoms with Gasteiger partial charge in [-0.25, -0.2) is 9.18 Å². The molecule has 7 rings (SSSR count). The van der Waals surface area contributed by atoms with Crippen LogP contribution in [0.4, 0.5) is 10.1 Å². The molecule has 0 spiro atoms. The number of pyridine rings is 2. The van der Waals surface area contributed by atoms with E-state index in [1.807, 2.05) is 25.7 Å². The van der Waals surface area contributed by atoms with E-state index in [-0.39, 0.29) is 41.3 Å². The van der Waals surface area contributed by atoms with Crippen LogP contribution in [0.1, 0.15) is 78.4 Å². The van der Waals surface area contributed by atoms with E-state index in [1.54, 1.807) is 4.57 Å². The third kappa shape index (κ3) is 5.03. The molecule has 4 aliphatic rings. The SMILES string of the molecule is COc1c(N2CC3CCCN(Cc4nc(C)c5c(c4CO)COC(C)(C)O5)C3C2)c(F)cc2c(=O)c(C(=O)O)cn(C3CC3)c12. The van der Waals surface area contributed by atoms with Crippen LogP contribution in [0, 0.1) is 18.7 Å². The Bertz CT molecular complexity index is 1770. The number of fused-ring (bicyclic) bond motifs is 3. The highest BCUT2D eigenvalue weighted by Gasteiger charge is 2.42. The molecule has 3 fully saturated rings. The zero-order valence-electron chi connectivity index (χ0n) is 26.1. The Labute approximate surface area is 260 Å². The fourth-order valence-corrected chi connectivity index (χ4v) is 7.55. The summed E-state index contributed by atoms with van der Waals surface area (Å²) in [5, 5.41) is 20.1. The Kier molecular flexibility index (Phi) is 7.29. The second-order valence-corrected chi connectivity index (χ2v) is 13.2. The van der Waals surface area contributed by atoms with Crippen LogP contribution >= 0.6 is 0 Å². The van der Waals surface area contributed by atoms with Gasteiger partial charge in [0.05, 0.1) is 42.6 Å². The Morgan fingerprint density at radius 3 is 2.71 bits per heavy atom. The van der Waals surface area contributed by atoms with E-state index in [9.17, 15) is 19.8 Å². The fraction of sp³-hybridized carbons (Fsp3) is 0.545. The van der Waals surface area contributed by atoms with E-state index in [4.69, 9.17) is 19.2 Å². The van der Waals surface area contributed by atoms with E-state index >= 15 is 4.39 Å². The first kappa shape index (κ1) is 29.9. The maximum absolute atomic E-state index is 16.1. The van der Waals surface area contributed by atoms with Crippen molar-refractivity contribution in [2.45, 2.75) is 84.1 Å². The number of aryl methyl sites for hydroxylation is 1. The average Bonchev–Trinajstić information content (AvgIpc) is 3.75. The topological polar surface area (TPSA) is 127 Å². The lowest BCUT2D eigenvalue weighted by Gasteiger charge is -2.38. The minimum absolute atomic E-state index is 0.0138. The summed E-state index contributed by atoms with van der Waals surface area (Å²) in [6, 6.07) is 1.32. The maximum atomic E-state index is 16.1. The Balaban J connectivity index is 1.24. The smallest absolute Gasteiger partial charge is 0.341 e. The molecule has 2 atom stereocenters. The van der Waals surface area contributed by atoms with Crippen LogP contribution in [-0.2, 0) is 24.5 Å². The minimum Gasteiger partial charge on any atom is -0.492 e. The summed E-state index contributed by atoms with van der Waals surface area (Å²) >= 11 is 0. The quantitative estimate of drug-likeness (QED) is 0.397. The van der Waals surface area contributed by atoms with Crippen LogP contribution in [0.25, 0.3) is 10.9 Å².